The molecule has 0 spiro atoms. The van der Waals surface area contributed by atoms with Gasteiger partial charge >= 0.3 is 0 Å². The van der Waals surface area contributed by atoms with Crippen LogP contribution < -0.4 is 11.5 Å². The fraction of sp³-hybridized carbons (Fsp3) is 0. The highest BCUT2D eigenvalue weighted by Gasteiger charge is 2.12. The van der Waals surface area contributed by atoms with Gasteiger partial charge in [-0.1, -0.05) is 0 Å². The van der Waals surface area contributed by atoms with Crippen molar-refractivity contribution in [1.29, 1.82) is 0 Å². The van der Waals surface area contributed by atoms with Crippen molar-refractivity contribution in [2.24, 2.45) is 0 Å². The van der Waals surface area contributed by atoms with E-state index in [0.29, 0.717) is 17.2 Å². The minimum atomic E-state index is 0.553. The molecule has 0 fully saturated rings. The minimum absolute atomic E-state index is 0.553. The molecule has 6 nitrogen and oxygen atoms in total. The van der Waals surface area contributed by atoms with Crippen LogP contribution >= 0.6 is 0 Å². The summed E-state index contributed by atoms with van der Waals surface area (Å²) >= 11 is 0. The number of aromatic nitrogens is 3. The van der Waals surface area contributed by atoms with Crippen LogP contribution in [0.4, 0.5) is 11.4 Å². The third kappa shape index (κ3) is 2.50. The lowest BCUT2D eigenvalue weighted by atomic mass is 10.1. The van der Waals surface area contributed by atoms with Crippen molar-refractivity contribution in [1.82, 2.24) is 14.8 Å². The molecule has 6 heteroatoms. The number of anilines is 2. The van der Waals surface area contributed by atoms with Crippen molar-refractivity contribution in [3.63, 3.8) is 0 Å². The Bertz CT molecular complexity index is 971. The van der Waals surface area contributed by atoms with Crippen LogP contribution in [0.25, 0.3) is 28.4 Å². The Kier molecular flexibility index (Phi) is 3.28. The Morgan fingerprint density at radius 2 is 1.79 bits per heavy atom. The largest absolute Gasteiger partial charge is 0.464 e. The van der Waals surface area contributed by atoms with Gasteiger partial charge in [0.05, 0.1) is 12.0 Å². The van der Waals surface area contributed by atoms with Gasteiger partial charge in [0.15, 0.2) is 5.82 Å². The first-order valence-electron chi connectivity index (χ1n) is 7.42. The summed E-state index contributed by atoms with van der Waals surface area (Å²) in [4.78, 5) is 4.38. The molecule has 118 valence electrons. The summed E-state index contributed by atoms with van der Waals surface area (Å²) in [6.07, 6.45) is 3.29. The van der Waals surface area contributed by atoms with E-state index in [2.05, 4.69) is 10.1 Å². The Hall–Kier alpha value is -3.54. The summed E-state index contributed by atoms with van der Waals surface area (Å²) in [5.41, 5.74) is 15.7. The topological polar surface area (TPSA) is 95.9 Å². The standard InChI is InChI=1S/C18H15N5O/c19-13-4-6-14(7-5-13)23-11-21-18(22-23)15-10-12(3-8-16(15)20)17-2-1-9-24-17/h1-11H,19-20H2. The number of hydrogen-bond donors (Lipinski definition) is 2. The van der Waals surface area contributed by atoms with E-state index in [1.165, 1.54) is 0 Å². The summed E-state index contributed by atoms with van der Waals surface area (Å²) in [6, 6.07) is 16.8. The highest BCUT2D eigenvalue weighted by Crippen LogP contribution is 2.29. The van der Waals surface area contributed by atoms with E-state index >= 15 is 0 Å². The predicted molar refractivity (Wildman–Crippen MR) is 93.3 cm³/mol. The van der Waals surface area contributed by atoms with Crippen molar-refractivity contribution in [2.75, 3.05) is 11.5 Å². The molecular formula is C18H15N5O. The van der Waals surface area contributed by atoms with Crippen molar-refractivity contribution in [2.45, 2.75) is 0 Å². The summed E-state index contributed by atoms with van der Waals surface area (Å²) in [5, 5.41) is 4.52. The molecule has 0 aliphatic heterocycles. The van der Waals surface area contributed by atoms with Crippen LogP contribution in [-0.2, 0) is 0 Å². The third-order valence-electron chi connectivity index (χ3n) is 3.75. The molecule has 0 radical (unpaired) electrons. The first-order valence-corrected chi connectivity index (χ1v) is 7.42. The quantitative estimate of drug-likeness (QED) is 0.565. The molecule has 0 atom stereocenters. The fourth-order valence-electron chi connectivity index (χ4n) is 2.48. The van der Waals surface area contributed by atoms with Gasteiger partial charge in [-0.25, -0.2) is 9.67 Å². The van der Waals surface area contributed by atoms with Crippen molar-refractivity contribution in [3.05, 3.63) is 67.2 Å². The molecule has 2 aromatic carbocycles. The van der Waals surface area contributed by atoms with E-state index in [-0.39, 0.29) is 0 Å². The molecule has 4 N–H and O–H groups in total. The average Bonchev–Trinajstić information content (AvgIpc) is 3.28. The third-order valence-corrected chi connectivity index (χ3v) is 3.75. The van der Waals surface area contributed by atoms with Gasteiger partial charge in [-0.05, 0) is 54.6 Å². The Balaban J connectivity index is 1.74. The van der Waals surface area contributed by atoms with Crippen LogP contribution in [0.15, 0.2) is 71.6 Å². The first-order chi connectivity index (χ1) is 11.7. The smallest absolute Gasteiger partial charge is 0.183 e. The molecule has 24 heavy (non-hydrogen) atoms. The summed E-state index contributed by atoms with van der Waals surface area (Å²) in [6.45, 7) is 0. The molecule has 4 aromatic rings. The SMILES string of the molecule is Nc1ccc(-n2cnc(-c3cc(-c4ccco4)ccc3N)n2)cc1. The Morgan fingerprint density at radius 3 is 2.54 bits per heavy atom. The van der Waals surface area contributed by atoms with E-state index in [9.17, 15) is 0 Å². The molecule has 0 aliphatic carbocycles. The number of nitrogen functional groups attached to an aromatic ring is 2. The van der Waals surface area contributed by atoms with E-state index in [1.807, 2.05) is 54.6 Å². The second-order valence-corrected chi connectivity index (χ2v) is 5.38. The van der Waals surface area contributed by atoms with Crippen LogP contribution in [0.3, 0.4) is 0 Å². The van der Waals surface area contributed by atoms with Crippen molar-refractivity contribution in [3.8, 4) is 28.4 Å². The summed E-state index contributed by atoms with van der Waals surface area (Å²) in [5.74, 6) is 1.33. The van der Waals surface area contributed by atoms with Gasteiger partial charge in [-0.15, -0.1) is 5.10 Å². The maximum Gasteiger partial charge on any atom is 0.183 e. The van der Waals surface area contributed by atoms with Crippen LogP contribution in [-0.4, -0.2) is 14.8 Å². The van der Waals surface area contributed by atoms with Gasteiger partial charge in [0.2, 0.25) is 0 Å². The minimum Gasteiger partial charge on any atom is -0.464 e. The molecule has 0 unspecified atom stereocenters. The number of nitrogens with zero attached hydrogens (tertiary/aromatic N) is 3. The van der Waals surface area contributed by atoms with E-state index in [1.54, 1.807) is 17.3 Å². The van der Waals surface area contributed by atoms with E-state index in [4.69, 9.17) is 15.9 Å². The highest BCUT2D eigenvalue weighted by atomic mass is 16.3. The first kappa shape index (κ1) is 14.1. The van der Waals surface area contributed by atoms with Crippen LogP contribution in [0.1, 0.15) is 0 Å². The average molecular weight is 317 g/mol. The monoisotopic (exact) mass is 317 g/mol. The van der Waals surface area contributed by atoms with Gasteiger partial charge in [0.25, 0.3) is 0 Å². The number of benzene rings is 2. The molecule has 2 aromatic heterocycles. The zero-order valence-electron chi connectivity index (χ0n) is 12.8. The molecule has 0 amide bonds. The van der Waals surface area contributed by atoms with Crippen molar-refractivity contribution < 1.29 is 4.42 Å². The summed E-state index contributed by atoms with van der Waals surface area (Å²) < 4.78 is 7.13. The van der Waals surface area contributed by atoms with Crippen LogP contribution in [0.2, 0.25) is 0 Å². The maximum absolute atomic E-state index is 6.11. The molecule has 0 aliphatic rings. The van der Waals surface area contributed by atoms with Gasteiger partial charge in [0.1, 0.15) is 12.1 Å². The second-order valence-electron chi connectivity index (χ2n) is 5.38. The maximum atomic E-state index is 6.11. The zero-order valence-corrected chi connectivity index (χ0v) is 12.8. The van der Waals surface area contributed by atoms with Crippen LogP contribution in [0.5, 0.6) is 0 Å². The number of furan rings is 1. The van der Waals surface area contributed by atoms with Gasteiger partial charge in [-0.2, -0.15) is 0 Å². The Morgan fingerprint density at radius 1 is 0.958 bits per heavy atom. The number of nitrogens with two attached hydrogens (primary N) is 2. The lowest BCUT2D eigenvalue weighted by Gasteiger charge is -2.05. The van der Waals surface area contributed by atoms with Crippen LogP contribution in [0, 0.1) is 0 Å². The number of hydrogen-bond acceptors (Lipinski definition) is 5. The predicted octanol–water partition coefficient (Wildman–Crippen LogP) is 3.36. The molecule has 0 saturated carbocycles. The fourth-order valence-corrected chi connectivity index (χ4v) is 2.48. The second kappa shape index (κ2) is 5.58. The Labute approximate surface area is 138 Å². The van der Waals surface area contributed by atoms with Gasteiger partial charge < -0.3 is 15.9 Å². The molecule has 0 saturated heterocycles. The summed E-state index contributed by atoms with van der Waals surface area (Å²) in [7, 11) is 0. The van der Waals surface area contributed by atoms with Crippen molar-refractivity contribution >= 4 is 11.4 Å². The zero-order chi connectivity index (χ0) is 16.5. The molecule has 4 rings (SSSR count). The highest BCUT2D eigenvalue weighted by molar-refractivity contribution is 5.77. The van der Waals surface area contributed by atoms with E-state index in [0.717, 1.165) is 22.6 Å². The van der Waals surface area contributed by atoms with E-state index < -0.39 is 0 Å². The number of rotatable bonds is 3. The normalized spacial score (nSPS) is 10.8. The van der Waals surface area contributed by atoms with Gasteiger partial charge in [-0.3, -0.25) is 0 Å². The lowest BCUT2D eigenvalue weighted by molar-refractivity contribution is 0.582. The van der Waals surface area contributed by atoms with Gasteiger partial charge in [0, 0.05) is 22.5 Å². The molecule has 2 heterocycles. The lowest BCUT2D eigenvalue weighted by Crippen LogP contribution is -1.97. The molecular weight excluding hydrogens is 302 g/mol. The molecule has 0 bridgehead atoms.